The lowest BCUT2D eigenvalue weighted by atomic mass is 10.1. The fourth-order valence-electron chi connectivity index (χ4n) is 2.02. The minimum Gasteiger partial charge on any atom is -0.485 e. The van der Waals surface area contributed by atoms with Gasteiger partial charge in [-0.3, -0.25) is 11.3 Å². The van der Waals surface area contributed by atoms with Crippen molar-refractivity contribution >= 4 is 0 Å². The maximum atomic E-state index is 6.14. The molecular formula is C16H20N2O. The second-order valence-electron chi connectivity index (χ2n) is 4.53. The summed E-state index contributed by atoms with van der Waals surface area (Å²) in [5.41, 5.74) is 5.00. The molecule has 0 radical (unpaired) electrons. The number of hydrogen-bond acceptors (Lipinski definition) is 3. The van der Waals surface area contributed by atoms with Crippen LogP contribution in [0.2, 0.25) is 0 Å². The molecule has 1 unspecified atom stereocenters. The summed E-state index contributed by atoms with van der Waals surface area (Å²) in [6.45, 7) is 2.77. The molecule has 3 heteroatoms. The van der Waals surface area contributed by atoms with Crippen LogP contribution in [0.3, 0.4) is 0 Å². The molecule has 0 aliphatic carbocycles. The van der Waals surface area contributed by atoms with Crippen molar-refractivity contribution in [3.05, 3.63) is 65.7 Å². The maximum Gasteiger partial charge on any atom is 0.125 e. The van der Waals surface area contributed by atoms with Crippen LogP contribution in [0.4, 0.5) is 0 Å². The number of para-hydroxylation sites is 1. The van der Waals surface area contributed by atoms with E-state index >= 15 is 0 Å². The zero-order valence-corrected chi connectivity index (χ0v) is 11.2. The minimum absolute atomic E-state index is 0.0124. The van der Waals surface area contributed by atoms with Gasteiger partial charge >= 0.3 is 0 Å². The zero-order valence-electron chi connectivity index (χ0n) is 11.2. The highest BCUT2D eigenvalue weighted by atomic mass is 16.5. The van der Waals surface area contributed by atoms with Crippen LogP contribution in [0, 0.1) is 6.92 Å². The first-order valence-corrected chi connectivity index (χ1v) is 6.52. The van der Waals surface area contributed by atoms with Crippen molar-refractivity contribution in [1.82, 2.24) is 5.43 Å². The lowest BCUT2D eigenvalue weighted by Gasteiger charge is -2.20. The van der Waals surface area contributed by atoms with Gasteiger partial charge in [-0.05, 0) is 24.1 Å². The van der Waals surface area contributed by atoms with Gasteiger partial charge < -0.3 is 4.74 Å². The highest BCUT2D eigenvalue weighted by Gasteiger charge is 2.13. The van der Waals surface area contributed by atoms with Crippen LogP contribution in [0.1, 0.15) is 23.7 Å². The van der Waals surface area contributed by atoms with Gasteiger partial charge in [0.1, 0.15) is 11.9 Å². The highest BCUT2D eigenvalue weighted by Crippen LogP contribution is 2.26. The van der Waals surface area contributed by atoms with Crippen LogP contribution < -0.4 is 16.0 Å². The van der Waals surface area contributed by atoms with E-state index in [1.54, 1.807) is 0 Å². The molecule has 0 bridgehead atoms. The molecule has 0 saturated carbocycles. The summed E-state index contributed by atoms with van der Waals surface area (Å²) in [5, 5.41) is 0. The van der Waals surface area contributed by atoms with Crippen LogP contribution in [0.15, 0.2) is 54.6 Å². The molecule has 0 fully saturated rings. The van der Waals surface area contributed by atoms with E-state index in [0.717, 1.165) is 17.7 Å². The summed E-state index contributed by atoms with van der Waals surface area (Å²) in [6.07, 6.45) is 0.841. The fourth-order valence-corrected chi connectivity index (χ4v) is 2.02. The lowest BCUT2D eigenvalue weighted by molar-refractivity contribution is 0.193. The monoisotopic (exact) mass is 256 g/mol. The number of hydrazine groups is 1. The second kappa shape index (κ2) is 6.92. The Morgan fingerprint density at radius 3 is 2.42 bits per heavy atom. The molecule has 2 rings (SSSR count). The molecule has 3 nitrogen and oxygen atoms in total. The minimum atomic E-state index is 0.0124. The number of nitrogens with one attached hydrogen (secondary N) is 1. The Morgan fingerprint density at radius 1 is 1.05 bits per heavy atom. The molecule has 19 heavy (non-hydrogen) atoms. The van der Waals surface area contributed by atoms with E-state index in [1.165, 1.54) is 5.56 Å². The van der Waals surface area contributed by atoms with E-state index in [1.807, 2.05) is 36.4 Å². The van der Waals surface area contributed by atoms with E-state index < -0.39 is 0 Å². The van der Waals surface area contributed by atoms with Gasteiger partial charge in [0.25, 0.3) is 0 Å². The number of hydrogen-bond donors (Lipinski definition) is 2. The SMILES string of the molecule is Cc1ccccc1OC(CCNN)c1ccccc1. The van der Waals surface area contributed by atoms with Crippen LogP contribution in [-0.2, 0) is 0 Å². The molecule has 2 aromatic rings. The van der Waals surface area contributed by atoms with Gasteiger partial charge in [0.05, 0.1) is 0 Å². The molecule has 0 aliphatic rings. The predicted molar refractivity (Wildman–Crippen MR) is 77.8 cm³/mol. The molecule has 3 N–H and O–H groups in total. The van der Waals surface area contributed by atoms with Gasteiger partial charge in [0, 0.05) is 13.0 Å². The third-order valence-corrected chi connectivity index (χ3v) is 3.09. The number of rotatable bonds is 6. The van der Waals surface area contributed by atoms with Gasteiger partial charge in [-0.25, -0.2) is 0 Å². The Labute approximate surface area is 114 Å². The van der Waals surface area contributed by atoms with Gasteiger partial charge in [0.15, 0.2) is 0 Å². The van der Waals surface area contributed by atoms with Crippen molar-refractivity contribution in [3.63, 3.8) is 0 Å². The maximum absolute atomic E-state index is 6.14. The van der Waals surface area contributed by atoms with Crippen molar-refractivity contribution in [2.24, 2.45) is 5.84 Å². The molecule has 0 spiro atoms. The molecular weight excluding hydrogens is 236 g/mol. The molecule has 0 amide bonds. The number of ether oxygens (including phenoxy) is 1. The van der Waals surface area contributed by atoms with E-state index in [0.29, 0.717) is 6.54 Å². The molecule has 100 valence electrons. The number of nitrogens with two attached hydrogens (primary N) is 1. The normalized spacial score (nSPS) is 12.1. The molecule has 0 saturated heterocycles. The Morgan fingerprint density at radius 2 is 1.74 bits per heavy atom. The fraction of sp³-hybridized carbons (Fsp3) is 0.250. The topological polar surface area (TPSA) is 47.3 Å². The van der Waals surface area contributed by atoms with Crippen LogP contribution in [0.5, 0.6) is 5.75 Å². The molecule has 0 heterocycles. The highest BCUT2D eigenvalue weighted by molar-refractivity contribution is 5.33. The van der Waals surface area contributed by atoms with Crippen molar-refractivity contribution < 1.29 is 4.74 Å². The Kier molecular flexibility index (Phi) is 4.95. The molecule has 0 aromatic heterocycles. The Hall–Kier alpha value is -1.84. The number of aryl methyl sites for hydroxylation is 1. The van der Waals surface area contributed by atoms with Crippen molar-refractivity contribution in [3.8, 4) is 5.75 Å². The Balaban J connectivity index is 2.17. The van der Waals surface area contributed by atoms with Gasteiger partial charge in [0.2, 0.25) is 0 Å². The van der Waals surface area contributed by atoms with Crippen molar-refractivity contribution in [2.45, 2.75) is 19.4 Å². The first-order valence-electron chi connectivity index (χ1n) is 6.52. The molecule has 2 aromatic carbocycles. The number of benzene rings is 2. The van der Waals surface area contributed by atoms with Gasteiger partial charge in [-0.15, -0.1) is 0 Å². The largest absolute Gasteiger partial charge is 0.485 e. The van der Waals surface area contributed by atoms with Crippen molar-refractivity contribution in [2.75, 3.05) is 6.54 Å². The first-order chi connectivity index (χ1) is 9.31. The van der Waals surface area contributed by atoms with E-state index in [2.05, 4.69) is 30.5 Å². The van der Waals surface area contributed by atoms with E-state index in [4.69, 9.17) is 10.6 Å². The lowest BCUT2D eigenvalue weighted by Crippen LogP contribution is -2.25. The molecule has 0 aliphatic heterocycles. The summed E-state index contributed by atoms with van der Waals surface area (Å²) in [5.74, 6) is 6.30. The average molecular weight is 256 g/mol. The zero-order chi connectivity index (χ0) is 13.5. The third kappa shape index (κ3) is 3.81. The quantitative estimate of drug-likeness (QED) is 0.617. The Bertz CT molecular complexity index is 499. The first kappa shape index (κ1) is 13.6. The second-order valence-corrected chi connectivity index (χ2v) is 4.53. The smallest absolute Gasteiger partial charge is 0.125 e. The molecule has 1 atom stereocenters. The average Bonchev–Trinajstić information content (AvgIpc) is 2.46. The standard InChI is InChI=1S/C16H20N2O/c1-13-7-5-6-10-15(13)19-16(11-12-18-17)14-8-3-2-4-9-14/h2-10,16,18H,11-12,17H2,1H3. The van der Waals surface area contributed by atoms with Crippen LogP contribution in [-0.4, -0.2) is 6.54 Å². The summed E-state index contributed by atoms with van der Waals surface area (Å²) in [7, 11) is 0. The summed E-state index contributed by atoms with van der Waals surface area (Å²) < 4.78 is 6.14. The van der Waals surface area contributed by atoms with Gasteiger partial charge in [-0.2, -0.15) is 0 Å². The third-order valence-electron chi connectivity index (χ3n) is 3.09. The summed E-state index contributed by atoms with van der Waals surface area (Å²) >= 11 is 0. The van der Waals surface area contributed by atoms with E-state index in [9.17, 15) is 0 Å². The van der Waals surface area contributed by atoms with Crippen LogP contribution >= 0.6 is 0 Å². The van der Waals surface area contributed by atoms with Crippen LogP contribution in [0.25, 0.3) is 0 Å². The van der Waals surface area contributed by atoms with Gasteiger partial charge in [-0.1, -0.05) is 48.5 Å². The van der Waals surface area contributed by atoms with Crippen molar-refractivity contribution in [1.29, 1.82) is 0 Å². The van der Waals surface area contributed by atoms with E-state index in [-0.39, 0.29) is 6.10 Å². The summed E-state index contributed by atoms with van der Waals surface area (Å²) in [6, 6.07) is 18.3. The summed E-state index contributed by atoms with van der Waals surface area (Å²) in [4.78, 5) is 0. The predicted octanol–water partition coefficient (Wildman–Crippen LogP) is 2.97.